The molecule has 0 radical (unpaired) electrons. The lowest BCUT2D eigenvalue weighted by Gasteiger charge is -2.22. The molecule has 300 valence electrons. The number of hydrogen-bond acceptors (Lipinski definition) is 11. The van der Waals surface area contributed by atoms with Gasteiger partial charge in [0.05, 0.1) is 24.9 Å². The highest BCUT2D eigenvalue weighted by atomic mass is 35.5. The van der Waals surface area contributed by atoms with Crippen molar-refractivity contribution in [3.8, 4) is 11.5 Å². The van der Waals surface area contributed by atoms with E-state index >= 15 is 0 Å². The highest BCUT2D eigenvalue weighted by molar-refractivity contribution is 6.28. The molecule has 2 amide bonds. The van der Waals surface area contributed by atoms with Gasteiger partial charge in [-0.15, -0.1) is 0 Å². The van der Waals surface area contributed by atoms with Crippen molar-refractivity contribution in [3.05, 3.63) is 89.5 Å². The average Bonchev–Trinajstić information content (AvgIpc) is 3.89. The summed E-state index contributed by atoms with van der Waals surface area (Å²) in [4.78, 5) is 47.8. The Kier molecular flexibility index (Phi) is 15.5. The number of benzene rings is 2. The van der Waals surface area contributed by atoms with E-state index in [0.29, 0.717) is 13.1 Å². The number of carbonyl (C=O) groups excluding carboxylic acids is 2. The summed E-state index contributed by atoms with van der Waals surface area (Å²) >= 11 is 5.86. The van der Waals surface area contributed by atoms with Crippen molar-refractivity contribution in [1.82, 2.24) is 30.6 Å². The Labute approximate surface area is 336 Å². The fourth-order valence-corrected chi connectivity index (χ4v) is 6.90. The Morgan fingerprint density at radius 2 is 1.16 bits per heavy atom. The van der Waals surface area contributed by atoms with Gasteiger partial charge >= 0.3 is 0 Å². The summed E-state index contributed by atoms with van der Waals surface area (Å²) in [5, 5.41) is 5.97. The number of carbonyl (C=O) groups is 2. The lowest BCUT2D eigenvalue weighted by molar-refractivity contribution is -0.122. The van der Waals surface area contributed by atoms with Crippen molar-refractivity contribution in [1.29, 1.82) is 0 Å². The summed E-state index contributed by atoms with van der Waals surface area (Å²) in [6.07, 6.45) is 5.56. The van der Waals surface area contributed by atoms with Crippen LogP contribution in [0.4, 0.5) is 17.6 Å². The summed E-state index contributed by atoms with van der Waals surface area (Å²) in [5.74, 6) is 3.93. The Balaban J connectivity index is 0.000000216. The van der Waals surface area contributed by atoms with E-state index in [1.165, 1.54) is 0 Å². The molecule has 0 spiro atoms. The van der Waals surface area contributed by atoms with Gasteiger partial charge in [0.25, 0.3) is 0 Å². The number of amides is 2. The molecule has 13 nitrogen and oxygen atoms in total. The number of anilines is 3. The third-order valence-electron chi connectivity index (χ3n) is 10.1. The topological polar surface area (TPSA) is 138 Å². The Morgan fingerprint density at radius 1 is 0.714 bits per heavy atom. The molecule has 0 bridgehead atoms. The molecule has 2 aromatic carbocycles. The van der Waals surface area contributed by atoms with Gasteiger partial charge in [0.15, 0.2) is 0 Å². The number of aromatic nitrogens is 4. The minimum absolute atomic E-state index is 0.0381. The fraction of sp³-hybridized carbons (Fsp3) is 0.476. The zero-order chi connectivity index (χ0) is 40.0. The third kappa shape index (κ3) is 11.4. The van der Waals surface area contributed by atoms with Crippen LogP contribution in [0.2, 0.25) is 5.28 Å². The molecule has 2 aliphatic heterocycles. The van der Waals surface area contributed by atoms with Crippen LogP contribution in [0.5, 0.6) is 11.5 Å². The van der Waals surface area contributed by atoms with Crippen LogP contribution < -0.4 is 34.8 Å². The zero-order valence-corrected chi connectivity index (χ0v) is 34.2. The molecular formula is C42H56ClN9O4. The van der Waals surface area contributed by atoms with Gasteiger partial charge in [-0.1, -0.05) is 24.3 Å². The molecule has 2 aliphatic rings. The smallest absolute Gasteiger partial charge is 0.227 e. The number of halogens is 1. The standard InChI is InChI=1S/C23H33N5O2.C19H23ClN4O2/c1-5-24-22(29)17(4)18-8-10-19(11-9-18)30-20-13-15-28(16-20)21-12-14-25-23(26-21)27(6-2)7-3;1-3-21-18(25)13(2)14-4-6-15(7-5-14)26-16-9-11-24(12-16)17-8-10-22-19(20)23-17/h8-12,14,17,20H,5-7,13,15-16H2,1-4H3,(H,24,29);4-8,10,13,16H,3,9,11-12H2,1-2H3,(H,21,25)/t17?,20-;13?,16-/m11/s1. The highest BCUT2D eigenvalue weighted by Gasteiger charge is 2.27. The van der Waals surface area contributed by atoms with E-state index in [1.807, 2.05) is 94.6 Å². The first-order valence-electron chi connectivity index (χ1n) is 19.8. The molecule has 2 fully saturated rings. The molecule has 14 heteroatoms. The van der Waals surface area contributed by atoms with E-state index in [-0.39, 0.29) is 41.1 Å². The van der Waals surface area contributed by atoms with Gasteiger partial charge in [-0.05, 0) is 101 Å². The summed E-state index contributed by atoms with van der Waals surface area (Å²) < 4.78 is 12.3. The number of likely N-dealkylation sites (N-methyl/N-ethyl adjacent to an activating group) is 2. The van der Waals surface area contributed by atoms with Gasteiger partial charge in [-0.2, -0.15) is 4.98 Å². The van der Waals surface area contributed by atoms with E-state index in [1.54, 1.807) is 6.20 Å². The number of nitrogens with one attached hydrogen (secondary N) is 2. The van der Waals surface area contributed by atoms with E-state index in [4.69, 9.17) is 26.1 Å². The molecule has 6 rings (SSSR count). The van der Waals surface area contributed by atoms with Crippen molar-refractivity contribution in [2.24, 2.45) is 0 Å². The van der Waals surface area contributed by atoms with E-state index < -0.39 is 0 Å². The first-order valence-corrected chi connectivity index (χ1v) is 20.1. The number of rotatable bonds is 15. The van der Waals surface area contributed by atoms with E-state index in [9.17, 15) is 9.59 Å². The minimum Gasteiger partial charge on any atom is -0.489 e. The molecule has 2 saturated heterocycles. The Morgan fingerprint density at radius 3 is 1.59 bits per heavy atom. The second-order valence-corrected chi connectivity index (χ2v) is 14.2. The van der Waals surface area contributed by atoms with Crippen molar-refractivity contribution in [2.45, 2.75) is 78.4 Å². The summed E-state index contributed by atoms with van der Waals surface area (Å²) in [7, 11) is 0. The summed E-state index contributed by atoms with van der Waals surface area (Å²) in [5.41, 5.74) is 1.97. The molecule has 0 saturated carbocycles. The van der Waals surface area contributed by atoms with Gasteiger partial charge < -0.3 is 34.8 Å². The largest absolute Gasteiger partial charge is 0.489 e. The Bertz CT molecular complexity index is 1840. The zero-order valence-electron chi connectivity index (χ0n) is 33.5. The summed E-state index contributed by atoms with van der Waals surface area (Å²) in [6.45, 7) is 18.3. The lowest BCUT2D eigenvalue weighted by atomic mass is 10.0. The van der Waals surface area contributed by atoms with E-state index in [0.717, 1.165) is 92.3 Å². The maximum Gasteiger partial charge on any atom is 0.227 e. The van der Waals surface area contributed by atoms with Crippen molar-refractivity contribution in [3.63, 3.8) is 0 Å². The normalized spacial score (nSPS) is 17.3. The average molecular weight is 786 g/mol. The van der Waals surface area contributed by atoms with Crippen LogP contribution >= 0.6 is 11.6 Å². The molecule has 56 heavy (non-hydrogen) atoms. The second-order valence-electron chi connectivity index (χ2n) is 13.9. The van der Waals surface area contributed by atoms with Gasteiger partial charge in [0.2, 0.25) is 23.0 Å². The minimum atomic E-state index is -0.173. The second kappa shape index (κ2) is 20.7. The van der Waals surface area contributed by atoms with Gasteiger partial charge in [-0.3, -0.25) is 9.59 Å². The predicted octanol–water partition coefficient (Wildman–Crippen LogP) is 6.25. The van der Waals surface area contributed by atoms with Crippen LogP contribution in [0, 0.1) is 0 Å². The van der Waals surface area contributed by atoms with Crippen molar-refractivity contribution in [2.75, 3.05) is 67.1 Å². The SMILES string of the molecule is CCNC(=O)C(C)c1ccc(O[C@@H]2CCN(c3ccnc(Cl)n3)C2)cc1.CCNC(=O)C(C)c1ccc(O[C@@H]2CCN(c3ccnc(N(CC)CC)n3)C2)cc1. The molecule has 4 atom stereocenters. The van der Waals surface area contributed by atoms with Crippen LogP contribution in [-0.4, -0.2) is 96.3 Å². The molecule has 4 aromatic rings. The quantitative estimate of drug-likeness (QED) is 0.132. The predicted molar refractivity (Wildman–Crippen MR) is 222 cm³/mol. The number of hydrogen-bond donors (Lipinski definition) is 2. The maximum absolute atomic E-state index is 12.0. The van der Waals surface area contributed by atoms with Crippen LogP contribution in [0.3, 0.4) is 0 Å². The fourth-order valence-electron chi connectivity index (χ4n) is 6.75. The van der Waals surface area contributed by atoms with Gasteiger partial charge in [0.1, 0.15) is 35.3 Å². The van der Waals surface area contributed by atoms with Crippen molar-refractivity contribution < 1.29 is 19.1 Å². The molecule has 2 unspecified atom stereocenters. The maximum atomic E-state index is 12.0. The van der Waals surface area contributed by atoms with Crippen LogP contribution in [0.1, 0.15) is 77.3 Å². The Hall–Kier alpha value is -5.17. The van der Waals surface area contributed by atoms with Crippen LogP contribution in [0.25, 0.3) is 0 Å². The lowest BCUT2D eigenvalue weighted by Crippen LogP contribution is -2.28. The summed E-state index contributed by atoms with van der Waals surface area (Å²) in [6, 6.07) is 19.4. The van der Waals surface area contributed by atoms with Gasteiger partial charge in [-0.25, -0.2) is 15.0 Å². The first kappa shape index (κ1) is 42.0. The van der Waals surface area contributed by atoms with Gasteiger partial charge in [0, 0.05) is 64.5 Å². The molecule has 4 heterocycles. The molecular weight excluding hydrogens is 730 g/mol. The first-order chi connectivity index (χ1) is 27.1. The molecule has 2 aromatic heterocycles. The van der Waals surface area contributed by atoms with Crippen molar-refractivity contribution >= 4 is 41.0 Å². The molecule has 0 aliphatic carbocycles. The number of ether oxygens (including phenoxy) is 2. The van der Waals surface area contributed by atoms with Crippen LogP contribution in [0.15, 0.2) is 73.1 Å². The van der Waals surface area contributed by atoms with Crippen LogP contribution in [-0.2, 0) is 9.59 Å². The highest BCUT2D eigenvalue weighted by Crippen LogP contribution is 2.27. The monoisotopic (exact) mass is 785 g/mol. The van der Waals surface area contributed by atoms with E-state index in [2.05, 4.69) is 54.1 Å². The molecule has 2 N–H and O–H groups in total. The number of nitrogens with zero attached hydrogens (tertiary/aromatic N) is 7. The third-order valence-corrected chi connectivity index (χ3v) is 10.3.